The van der Waals surface area contributed by atoms with E-state index < -0.39 is 17.7 Å². The van der Waals surface area contributed by atoms with Crippen LogP contribution in [0.3, 0.4) is 0 Å². The molecule has 188 valence electrons. The van der Waals surface area contributed by atoms with Gasteiger partial charge in [0, 0.05) is 5.56 Å². The molecule has 1 amide bonds. The van der Waals surface area contributed by atoms with Gasteiger partial charge in [0.25, 0.3) is 5.78 Å². The van der Waals surface area contributed by atoms with Crippen molar-refractivity contribution in [3.63, 3.8) is 0 Å². The molecule has 3 aromatic carbocycles. The van der Waals surface area contributed by atoms with Crippen molar-refractivity contribution in [3.05, 3.63) is 89.0 Å². The number of amides is 1. The van der Waals surface area contributed by atoms with Crippen molar-refractivity contribution >= 4 is 44.1 Å². The standard InChI is InChI=1S/C29H26N2O5S/c1-4-17-9-11-18(12-10-17)25-24(26(32)19-7-6-8-20(15-19)35-3)27(33)28(34)31(25)29-30-22-14-13-21(36-5-2)16-23(22)37-29/h6-16,25,32H,4-5H2,1-3H3/b26-24+. The van der Waals surface area contributed by atoms with Crippen molar-refractivity contribution in [3.8, 4) is 11.5 Å². The number of ketones is 1. The number of benzene rings is 3. The normalized spacial score (nSPS) is 16.9. The van der Waals surface area contributed by atoms with Crippen LogP contribution in [0, 0.1) is 0 Å². The number of aryl methyl sites for hydroxylation is 1. The van der Waals surface area contributed by atoms with Gasteiger partial charge in [-0.25, -0.2) is 4.98 Å². The van der Waals surface area contributed by atoms with Crippen LogP contribution in [0.25, 0.3) is 16.0 Å². The number of carbonyl (C=O) groups excluding carboxylic acids is 2. The first-order chi connectivity index (χ1) is 17.9. The summed E-state index contributed by atoms with van der Waals surface area (Å²) in [6.45, 7) is 4.50. The van der Waals surface area contributed by atoms with E-state index in [2.05, 4.69) is 11.9 Å². The zero-order valence-corrected chi connectivity index (χ0v) is 21.5. The number of nitrogens with zero attached hydrogens (tertiary/aromatic N) is 2. The maximum atomic E-state index is 13.5. The van der Waals surface area contributed by atoms with Gasteiger partial charge in [0.05, 0.1) is 35.5 Å². The molecule has 1 fully saturated rings. The molecule has 2 heterocycles. The predicted molar refractivity (Wildman–Crippen MR) is 144 cm³/mol. The molecule has 1 aliphatic heterocycles. The summed E-state index contributed by atoms with van der Waals surface area (Å²) in [5.74, 6) is -0.531. The highest BCUT2D eigenvalue weighted by atomic mass is 32.1. The Labute approximate surface area is 218 Å². The molecule has 8 heteroatoms. The van der Waals surface area contributed by atoms with Crippen LogP contribution >= 0.6 is 11.3 Å². The summed E-state index contributed by atoms with van der Waals surface area (Å²) in [7, 11) is 1.53. The number of carbonyl (C=O) groups is 2. The quantitative estimate of drug-likeness (QED) is 0.188. The van der Waals surface area contributed by atoms with Crippen molar-refractivity contribution in [2.75, 3.05) is 18.6 Å². The number of fused-ring (bicyclic) bond motifs is 1. The highest BCUT2D eigenvalue weighted by molar-refractivity contribution is 7.22. The van der Waals surface area contributed by atoms with Gasteiger partial charge in [0.2, 0.25) is 0 Å². The van der Waals surface area contributed by atoms with Crippen molar-refractivity contribution in [2.24, 2.45) is 0 Å². The number of anilines is 1. The molecule has 5 rings (SSSR count). The maximum Gasteiger partial charge on any atom is 0.301 e. The summed E-state index contributed by atoms with van der Waals surface area (Å²) in [4.78, 5) is 33.0. The van der Waals surface area contributed by atoms with Gasteiger partial charge in [0.1, 0.15) is 17.3 Å². The van der Waals surface area contributed by atoms with Crippen molar-refractivity contribution in [2.45, 2.75) is 26.3 Å². The lowest BCUT2D eigenvalue weighted by Crippen LogP contribution is -2.29. The summed E-state index contributed by atoms with van der Waals surface area (Å²) < 4.78 is 11.7. The molecule has 37 heavy (non-hydrogen) atoms. The minimum atomic E-state index is -0.843. The molecule has 1 saturated heterocycles. The van der Waals surface area contributed by atoms with E-state index in [0.717, 1.165) is 16.7 Å². The molecule has 0 aliphatic carbocycles. The van der Waals surface area contributed by atoms with Crippen LogP contribution in [0.5, 0.6) is 11.5 Å². The molecule has 1 aromatic heterocycles. The first kappa shape index (κ1) is 24.5. The van der Waals surface area contributed by atoms with Crippen LogP contribution in [0.15, 0.2) is 72.3 Å². The monoisotopic (exact) mass is 514 g/mol. The maximum absolute atomic E-state index is 13.5. The Morgan fingerprint density at radius 2 is 1.81 bits per heavy atom. The minimum Gasteiger partial charge on any atom is -0.507 e. The fourth-order valence-corrected chi connectivity index (χ4v) is 5.48. The molecular weight excluding hydrogens is 488 g/mol. The fourth-order valence-electron chi connectivity index (χ4n) is 4.46. The highest BCUT2D eigenvalue weighted by Crippen LogP contribution is 2.44. The Kier molecular flexibility index (Phi) is 6.67. The third-order valence-electron chi connectivity index (χ3n) is 6.36. The molecule has 1 aliphatic rings. The third kappa shape index (κ3) is 4.44. The molecule has 0 bridgehead atoms. The summed E-state index contributed by atoms with van der Waals surface area (Å²) in [6.07, 6.45) is 0.852. The van der Waals surface area contributed by atoms with Crippen molar-refractivity contribution in [1.82, 2.24) is 4.98 Å². The Balaban J connectivity index is 1.69. The molecule has 1 unspecified atom stereocenters. The largest absolute Gasteiger partial charge is 0.507 e. The zero-order chi connectivity index (χ0) is 26.1. The number of aliphatic hydroxyl groups excluding tert-OH is 1. The first-order valence-corrected chi connectivity index (χ1v) is 12.8. The SMILES string of the molecule is CCOc1ccc2nc(N3C(=O)C(=O)/C(=C(/O)c4cccc(OC)c4)C3c3ccc(CC)cc3)sc2c1. The van der Waals surface area contributed by atoms with E-state index in [4.69, 9.17) is 9.47 Å². The molecule has 7 nitrogen and oxygen atoms in total. The van der Waals surface area contributed by atoms with Crippen LogP contribution in [0.1, 0.15) is 36.6 Å². The number of aliphatic hydroxyl groups is 1. The lowest BCUT2D eigenvalue weighted by atomic mass is 9.94. The van der Waals surface area contributed by atoms with Gasteiger partial charge in [-0.15, -0.1) is 0 Å². The summed E-state index contributed by atoms with van der Waals surface area (Å²) in [5, 5.41) is 11.7. The molecule has 1 N–H and O–H groups in total. The Hall–Kier alpha value is -4.17. The number of thiazole rings is 1. The highest BCUT2D eigenvalue weighted by Gasteiger charge is 2.48. The second-order valence-electron chi connectivity index (χ2n) is 8.56. The van der Waals surface area contributed by atoms with Gasteiger partial charge in [-0.2, -0.15) is 0 Å². The Morgan fingerprint density at radius 1 is 1.03 bits per heavy atom. The molecule has 0 saturated carbocycles. The lowest BCUT2D eigenvalue weighted by molar-refractivity contribution is -0.132. The van der Waals surface area contributed by atoms with Crippen molar-refractivity contribution < 1.29 is 24.2 Å². The molecule has 1 atom stereocenters. The van der Waals surface area contributed by atoms with E-state index in [1.165, 1.54) is 23.3 Å². The van der Waals surface area contributed by atoms with Crippen LogP contribution in [0.4, 0.5) is 5.13 Å². The number of hydrogen-bond donors (Lipinski definition) is 1. The third-order valence-corrected chi connectivity index (χ3v) is 7.37. The smallest absolute Gasteiger partial charge is 0.301 e. The molecule has 0 radical (unpaired) electrons. The van der Waals surface area contributed by atoms with Crippen LogP contribution < -0.4 is 14.4 Å². The average molecular weight is 515 g/mol. The summed E-state index contributed by atoms with van der Waals surface area (Å²) >= 11 is 1.30. The van der Waals surface area contributed by atoms with Crippen molar-refractivity contribution in [1.29, 1.82) is 0 Å². The second-order valence-corrected chi connectivity index (χ2v) is 9.56. The van der Waals surface area contributed by atoms with E-state index in [1.807, 2.05) is 49.4 Å². The number of methoxy groups -OCH3 is 1. The van der Waals surface area contributed by atoms with Gasteiger partial charge in [0.15, 0.2) is 5.13 Å². The van der Waals surface area contributed by atoms with Crippen LogP contribution in [-0.2, 0) is 16.0 Å². The van der Waals surface area contributed by atoms with E-state index in [9.17, 15) is 14.7 Å². The van der Waals surface area contributed by atoms with Gasteiger partial charge in [-0.1, -0.05) is 54.7 Å². The van der Waals surface area contributed by atoms with E-state index >= 15 is 0 Å². The number of ether oxygens (including phenoxy) is 2. The van der Waals surface area contributed by atoms with Gasteiger partial charge in [-0.05, 0) is 54.8 Å². The number of Topliss-reactive ketones (excluding diaryl/α,β-unsaturated/α-hetero) is 1. The molecule has 4 aromatic rings. The zero-order valence-electron chi connectivity index (χ0n) is 20.7. The van der Waals surface area contributed by atoms with Crippen LogP contribution in [-0.4, -0.2) is 35.5 Å². The summed E-state index contributed by atoms with van der Waals surface area (Å²) in [6, 6.07) is 19.2. The lowest BCUT2D eigenvalue weighted by Gasteiger charge is -2.23. The molecule has 0 spiro atoms. The number of hydrogen-bond acceptors (Lipinski definition) is 7. The van der Waals surface area contributed by atoms with Gasteiger partial charge >= 0.3 is 5.91 Å². The number of rotatable bonds is 7. The van der Waals surface area contributed by atoms with E-state index in [1.54, 1.807) is 24.3 Å². The fraction of sp³-hybridized carbons (Fsp3) is 0.207. The van der Waals surface area contributed by atoms with Gasteiger partial charge in [-0.3, -0.25) is 14.5 Å². The van der Waals surface area contributed by atoms with E-state index in [0.29, 0.717) is 39.9 Å². The first-order valence-electron chi connectivity index (χ1n) is 12.0. The Morgan fingerprint density at radius 3 is 2.51 bits per heavy atom. The van der Waals surface area contributed by atoms with E-state index in [-0.39, 0.29) is 11.3 Å². The second kappa shape index (κ2) is 10.1. The predicted octanol–water partition coefficient (Wildman–Crippen LogP) is 5.89. The molecular formula is C29H26N2O5S. The minimum absolute atomic E-state index is 0.0109. The van der Waals surface area contributed by atoms with Crippen LogP contribution in [0.2, 0.25) is 0 Å². The number of aromatic nitrogens is 1. The Bertz CT molecular complexity index is 1520. The summed E-state index contributed by atoms with van der Waals surface area (Å²) in [5.41, 5.74) is 2.92. The topological polar surface area (TPSA) is 89.0 Å². The van der Waals surface area contributed by atoms with Gasteiger partial charge < -0.3 is 14.6 Å². The average Bonchev–Trinajstić information content (AvgIpc) is 3.46.